The largest absolute Gasteiger partial charge is 0.412 e. The highest BCUT2D eigenvalue weighted by Crippen LogP contribution is 2.09. The lowest BCUT2D eigenvalue weighted by molar-refractivity contribution is 0.114. The summed E-state index contributed by atoms with van der Waals surface area (Å²) in [5.41, 5.74) is 0. The van der Waals surface area contributed by atoms with E-state index < -0.39 is 9.28 Å². The molecule has 0 amide bonds. The summed E-state index contributed by atoms with van der Waals surface area (Å²) in [4.78, 5) is 0. The minimum absolute atomic E-state index is 0. The Balaban J connectivity index is 0.00000225. The summed E-state index contributed by atoms with van der Waals surface area (Å²) < 4.78 is 21.6. The maximum absolute atomic E-state index is 5.56. The first-order chi connectivity index (χ1) is 7.36. The maximum atomic E-state index is 5.56. The highest BCUT2D eigenvalue weighted by atomic mass is 28.3. The maximum Gasteiger partial charge on any atom is 0.321 e. The summed E-state index contributed by atoms with van der Waals surface area (Å²) in [6.45, 7) is 7.95. The van der Waals surface area contributed by atoms with Gasteiger partial charge in [0, 0.05) is 19.8 Å². The molecule has 0 radical (unpaired) electrons. The monoisotopic (exact) mass is 252 g/mol. The zero-order valence-corrected chi connectivity index (χ0v) is 11.4. The molecule has 98 valence electrons. The summed E-state index contributed by atoms with van der Waals surface area (Å²) in [5.74, 6) is 0. The van der Waals surface area contributed by atoms with Crippen LogP contribution >= 0.6 is 0 Å². The van der Waals surface area contributed by atoms with Gasteiger partial charge in [-0.15, -0.1) is 0 Å². The van der Waals surface area contributed by atoms with Crippen LogP contribution in [0.4, 0.5) is 0 Å². The van der Waals surface area contributed by atoms with Gasteiger partial charge < -0.3 is 23.8 Å². The average Bonchev–Trinajstić information content (AvgIpc) is 3.02. The van der Waals surface area contributed by atoms with Crippen LogP contribution in [0.25, 0.3) is 0 Å². The Kier molecular flexibility index (Phi) is 10.2. The van der Waals surface area contributed by atoms with Crippen LogP contribution < -0.4 is 0 Å². The van der Waals surface area contributed by atoms with Crippen LogP contribution in [0.1, 0.15) is 20.3 Å². The van der Waals surface area contributed by atoms with Gasteiger partial charge in [-0.1, -0.05) is 0 Å². The molecule has 0 aromatic heterocycles. The summed E-state index contributed by atoms with van der Waals surface area (Å²) in [6, 6.07) is 1.03. The molecule has 6 heteroatoms. The number of ether oxygens (including phenoxy) is 2. The van der Waals surface area contributed by atoms with Gasteiger partial charge in [0.05, 0.1) is 13.2 Å². The minimum atomic E-state index is -1.40. The van der Waals surface area contributed by atoms with Gasteiger partial charge >= 0.3 is 9.28 Å². The van der Waals surface area contributed by atoms with Gasteiger partial charge in [-0.2, -0.15) is 0 Å². The molecule has 2 N–H and O–H groups in total. The molecule has 0 aromatic rings. The first kappa shape index (κ1) is 16.0. The number of hydrogen-bond donors (Lipinski definition) is 0. The first-order valence-corrected chi connectivity index (χ1v) is 7.55. The first-order valence-electron chi connectivity index (χ1n) is 5.79. The summed E-state index contributed by atoms with van der Waals surface area (Å²) in [7, 11) is -1.40. The molecule has 0 saturated carbocycles. The molecule has 1 heterocycles. The second kappa shape index (κ2) is 10.2. The van der Waals surface area contributed by atoms with E-state index in [2.05, 4.69) is 0 Å². The predicted octanol–water partition coefficient (Wildman–Crippen LogP) is 0.261. The van der Waals surface area contributed by atoms with E-state index in [-0.39, 0.29) is 5.48 Å². The molecular formula is C10H24O5Si. The predicted molar refractivity (Wildman–Crippen MR) is 64.0 cm³/mol. The molecule has 1 rings (SSSR count). The van der Waals surface area contributed by atoms with E-state index in [1.54, 1.807) is 0 Å². The normalized spacial score (nSPS) is 18.6. The number of epoxide rings is 1. The Labute approximate surface area is 99.2 Å². The van der Waals surface area contributed by atoms with E-state index in [4.69, 9.17) is 18.3 Å². The van der Waals surface area contributed by atoms with Crippen molar-refractivity contribution in [2.24, 2.45) is 0 Å². The minimum Gasteiger partial charge on any atom is -0.412 e. The Hall–Kier alpha value is 0.0169. The van der Waals surface area contributed by atoms with Gasteiger partial charge in [-0.25, -0.2) is 0 Å². The van der Waals surface area contributed by atoms with Gasteiger partial charge in [0.25, 0.3) is 0 Å². The summed E-state index contributed by atoms with van der Waals surface area (Å²) in [6.07, 6.45) is 1.40. The smallest absolute Gasteiger partial charge is 0.321 e. The molecule has 0 bridgehead atoms. The molecule has 1 saturated heterocycles. The molecule has 1 aliphatic heterocycles. The van der Waals surface area contributed by atoms with Crippen molar-refractivity contribution >= 4 is 9.28 Å². The molecule has 0 aliphatic carbocycles. The van der Waals surface area contributed by atoms with Crippen molar-refractivity contribution in [3.8, 4) is 0 Å². The van der Waals surface area contributed by atoms with E-state index in [0.717, 1.165) is 45.5 Å². The van der Waals surface area contributed by atoms with E-state index in [9.17, 15) is 0 Å². The molecule has 5 nitrogen and oxygen atoms in total. The van der Waals surface area contributed by atoms with Crippen molar-refractivity contribution in [2.75, 3.05) is 33.0 Å². The van der Waals surface area contributed by atoms with Gasteiger partial charge in [0.2, 0.25) is 0 Å². The topological polar surface area (TPSA) is 71.7 Å². The summed E-state index contributed by atoms with van der Waals surface area (Å²) >= 11 is 0. The molecule has 1 fully saturated rings. The van der Waals surface area contributed by atoms with Crippen molar-refractivity contribution in [2.45, 2.75) is 32.4 Å². The highest BCUT2D eigenvalue weighted by molar-refractivity contribution is 6.44. The van der Waals surface area contributed by atoms with Gasteiger partial charge in [0.15, 0.2) is 0 Å². The molecule has 1 aliphatic rings. The third-order valence-corrected chi connectivity index (χ3v) is 4.43. The fourth-order valence-electron chi connectivity index (χ4n) is 1.32. The van der Waals surface area contributed by atoms with Crippen molar-refractivity contribution in [3.05, 3.63) is 0 Å². The zero-order valence-electron chi connectivity index (χ0n) is 10.2. The van der Waals surface area contributed by atoms with Crippen LogP contribution in [-0.2, 0) is 18.3 Å². The quantitative estimate of drug-likeness (QED) is 0.318. The van der Waals surface area contributed by atoms with Crippen LogP contribution in [0.2, 0.25) is 6.04 Å². The average molecular weight is 252 g/mol. The fourth-order valence-corrected chi connectivity index (χ4v) is 2.99. The van der Waals surface area contributed by atoms with Gasteiger partial charge in [0.1, 0.15) is 6.10 Å². The van der Waals surface area contributed by atoms with Crippen LogP contribution in [0.3, 0.4) is 0 Å². The van der Waals surface area contributed by atoms with E-state index >= 15 is 0 Å². The third-order valence-electron chi connectivity index (χ3n) is 2.14. The molecular weight excluding hydrogens is 228 g/mol. The van der Waals surface area contributed by atoms with Crippen molar-refractivity contribution in [1.29, 1.82) is 0 Å². The standard InChI is InChI=1S/C10H22O4Si.H2O/c1-3-13-15(14-4-2)7-5-6-11-8-10-9-12-10;/h10,15H,3-9H2,1-2H3;1H2. The van der Waals surface area contributed by atoms with E-state index in [0.29, 0.717) is 6.10 Å². The van der Waals surface area contributed by atoms with Crippen LogP contribution in [0, 0.1) is 0 Å². The lowest BCUT2D eigenvalue weighted by Crippen LogP contribution is -2.23. The Morgan fingerprint density at radius 1 is 1.25 bits per heavy atom. The van der Waals surface area contributed by atoms with E-state index in [1.807, 2.05) is 13.8 Å². The second-order valence-corrected chi connectivity index (χ2v) is 5.62. The SMILES string of the molecule is CCO[SiH](CCCOCC1CO1)OCC.O. The fraction of sp³-hybridized carbons (Fsp3) is 1.00. The number of rotatable bonds is 10. The van der Waals surface area contributed by atoms with Crippen LogP contribution in [0.15, 0.2) is 0 Å². The van der Waals surface area contributed by atoms with Gasteiger partial charge in [-0.05, 0) is 26.3 Å². The lowest BCUT2D eigenvalue weighted by Gasteiger charge is -2.14. The second-order valence-electron chi connectivity index (χ2n) is 3.51. The molecule has 1 atom stereocenters. The molecule has 0 spiro atoms. The van der Waals surface area contributed by atoms with E-state index in [1.165, 1.54) is 0 Å². The zero-order chi connectivity index (χ0) is 10.9. The van der Waals surface area contributed by atoms with Crippen LogP contribution in [0.5, 0.6) is 0 Å². The van der Waals surface area contributed by atoms with Gasteiger partial charge in [-0.3, -0.25) is 0 Å². The lowest BCUT2D eigenvalue weighted by atomic mass is 10.5. The third kappa shape index (κ3) is 8.20. The highest BCUT2D eigenvalue weighted by Gasteiger charge is 2.22. The Bertz CT molecular complexity index is 148. The Morgan fingerprint density at radius 3 is 2.38 bits per heavy atom. The molecule has 0 aromatic carbocycles. The molecule has 1 unspecified atom stereocenters. The summed E-state index contributed by atoms with van der Waals surface area (Å²) in [5, 5.41) is 0. The van der Waals surface area contributed by atoms with Crippen LogP contribution in [-0.4, -0.2) is 53.9 Å². The van der Waals surface area contributed by atoms with Crippen molar-refractivity contribution < 1.29 is 23.8 Å². The Morgan fingerprint density at radius 2 is 1.88 bits per heavy atom. The number of hydrogen-bond acceptors (Lipinski definition) is 4. The van der Waals surface area contributed by atoms with Crippen molar-refractivity contribution in [3.63, 3.8) is 0 Å². The van der Waals surface area contributed by atoms with Crippen molar-refractivity contribution in [1.82, 2.24) is 0 Å². The molecule has 16 heavy (non-hydrogen) atoms.